The first-order valence-corrected chi connectivity index (χ1v) is 8.00. The molecule has 102 valence electrons. The number of nitrogens with zero attached hydrogens (tertiary/aromatic N) is 1. The lowest BCUT2D eigenvalue weighted by Gasteiger charge is -2.12. The molecule has 1 aliphatic rings. The molecule has 2 unspecified atom stereocenters. The van der Waals surface area contributed by atoms with E-state index in [-0.39, 0.29) is 21.5 Å². The first kappa shape index (κ1) is 13.7. The maximum Gasteiger partial charge on any atom is 0.252 e. The Morgan fingerprint density at radius 2 is 2.22 bits per heavy atom. The first-order chi connectivity index (χ1) is 8.42. The summed E-state index contributed by atoms with van der Waals surface area (Å²) in [4.78, 5) is 3.94. The van der Waals surface area contributed by atoms with Crippen molar-refractivity contribution < 1.29 is 13.2 Å². The standard InChI is InChI=1S/C10H17N3O3S2/c1-6-9(17-10(11)12-6)18(14,15)13-7-3-4-8(5-7)16-2/h7-8,13H,3-5H2,1-2H3,(H2,11,12). The Hall–Kier alpha value is -0.700. The van der Waals surface area contributed by atoms with Crippen LogP contribution in [0.25, 0.3) is 0 Å². The highest BCUT2D eigenvalue weighted by Crippen LogP contribution is 2.27. The number of hydrogen-bond acceptors (Lipinski definition) is 6. The third-order valence-corrected chi connectivity index (χ3v) is 6.17. The molecule has 1 heterocycles. The molecule has 0 saturated heterocycles. The van der Waals surface area contributed by atoms with Gasteiger partial charge in [0.1, 0.15) is 0 Å². The van der Waals surface area contributed by atoms with E-state index in [1.807, 2.05) is 0 Å². The van der Waals surface area contributed by atoms with E-state index in [4.69, 9.17) is 10.5 Å². The van der Waals surface area contributed by atoms with E-state index >= 15 is 0 Å². The van der Waals surface area contributed by atoms with Gasteiger partial charge in [0, 0.05) is 13.2 Å². The molecule has 1 aromatic heterocycles. The smallest absolute Gasteiger partial charge is 0.252 e. The summed E-state index contributed by atoms with van der Waals surface area (Å²) in [6.45, 7) is 1.65. The number of sulfonamides is 1. The first-order valence-electron chi connectivity index (χ1n) is 5.70. The largest absolute Gasteiger partial charge is 0.381 e. The van der Waals surface area contributed by atoms with Gasteiger partial charge in [-0.05, 0) is 26.2 Å². The summed E-state index contributed by atoms with van der Waals surface area (Å²) in [5.41, 5.74) is 5.97. The zero-order chi connectivity index (χ0) is 13.3. The molecule has 8 heteroatoms. The van der Waals surface area contributed by atoms with Crippen molar-refractivity contribution in [3.8, 4) is 0 Å². The predicted octanol–water partition coefficient (Wildman–Crippen LogP) is 0.880. The SMILES string of the molecule is COC1CCC(NS(=O)(=O)c2sc(N)nc2C)C1. The van der Waals surface area contributed by atoms with Gasteiger partial charge < -0.3 is 10.5 Å². The van der Waals surface area contributed by atoms with Crippen LogP contribution in [0.4, 0.5) is 5.13 Å². The average Bonchev–Trinajstić information content (AvgIpc) is 2.84. The lowest BCUT2D eigenvalue weighted by Crippen LogP contribution is -2.33. The van der Waals surface area contributed by atoms with E-state index in [0.29, 0.717) is 12.1 Å². The van der Waals surface area contributed by atoms with Crippen LogP contribution in [0.1, 0.15) is 25.0 Å². The van der Waals surface area contributed by atoms with Crippen molar-refractivity contribution in [3.63, 3.8) is 0 Å². The normalized spacial score (nSPS) is 24.6. The van der Waals surface area contributed by atoms with E-state index in [9.17, 15) is 8.42 Å². The fourth-order valence-corrected chi connectivity index (χ4v) is 4.79. The van der Waals surface area contributed by atoms with Gasteiger partial charge in [-0.2, -0.15) is 0 Å². The molecule has 1 aliphatic carbocycles. The van der Waals surface area contributed by atoms with E-state index in [0.717, 1.165) is 24.2 Å². The maximum absolute atomic E-state index is 12.2. The minimum Gasteiger partial charge on any atom is -0.381 e. The predicted molar refractivity (Wildman–Crippen MR) is 70.0 cm³/mol. The van der Waals surface area contributed by atoms with Crippen LogP contribution in [0.3, 0.4) is 0 Å². The second kappa shape index (κ2) is 5.12. The summed E-state index contributed by atoms with van der Waals surface area (Å²) in [5, 5.41) is 0.272. The van der Waals surface area contributed by atoms with Gasteiger partial charge in [-0.25, -0.2) is 18.1 Å². The van der Waals surface area contributed by atoms with E-state index in [2.05, 4.69) is 9.71 Å². The maximum atomic E-state index is 12.2. The van der Waals surface area contributed by atoms with Gasteiger partial charge >= 0.3 is 0 Å². The molecule has 1 aromatic rings. The third kappa shape index (κ3) is 2.82. The van der Waals surface area contributed by atoms with Crippen LogP contribution in [0.15, 0.2) is 4.21 Å². The fraction of sp³-hybridized carbons (Fsp3) is 0.700. The third-order valence-electron chi connectivity index (χ3n) is 3.05. The number of ether oxygens (including phenoxy) is 1. The Morgan fingerprint density at radius 3 is 2.72 bits per heavy atom. The number of anilines is 1. The van der Waals surface area contributed by atoms with E-state index in [1.165, 1.54) is 0 Å². The lowest BCUT2D eigenvalue weighted by molar-refractivity contribution is 0.107. The molecule has 3 N–H and O–H groups in total. The quantitative estimate of drug-likeness (QED) is 0.858. The average molecular weight is 291 g/mol. The van der Waals surface area contributed by atoms with Crippen LogP contribution >= 0.6 is 11.3 Å². The van der Waals surface area contributed by atoms with Crippen molar-refractivity contribution in [2.24, 2.45) is 0 Å². The van der Waals surface area contributed by atoms with Crippen molar-refractivity contribution >= 4 is 26.5 Å². The summed E-state index contributed by atoms with van der Waals surface area (Å²) >= 11 is 0.996. The molecular formula is C10H17N3O3S2. The molecule has 0 amide bonds. The summed E-state index contributed by atoms with van der Waals surface area (Å²) in [6, 6.07) is -0.0670. The number of aryl methyl sites for hydroxylation is 1. The molecule has 18 heavy (non-hydrogen) atoms. The van der Waals surface area contributed by atoms with Crippen LogP contribution in [-0.2, 0) is 14.8 Å². The number of methoxy groups -OCH3 is 1. The molecule has 2 rings (SSSR count). The number of nitrogens with one attached hydrogen (secondary N) is 1. The second-order valence-electron chi connectivity index (χ2n) is 4.41. The van der Waals surface area contributed by atoms with Crippen molar-refractivity contribution in [1.29, 1.82) is 0 Å². The lowest BCUT2D eigenvalue weighted by atomic mass is 10.3. The van der Waals surface area contributed by atoms with Gasteiger partial charge in [-0.3, -0.25) is 0 Å². The van der Waals surface area contributed by atoms with Gasteiger partial charge in [-0.1, -0.05) is 11.3 Å². The van der Waals surface area contributed by atoms with Crippen molar-refractivity contribution in [2.75, 3.05) is 12.8 Å². The van der Waals surface area contributed by atoms with E-state index in [1.54, 1.807) is 14.0 Å². The Balaban J connectivity index is 2.11. The monoisotopic (exact) mass is 291 g/mol. The second-order valence-corrected chi connectivity index (χ2v) is 7.35. The molecule has 6 nitrogen and oxygen atoms in total. The number of aromatic nitrogens is 1. The van der Waals surface area contributed by atoms with Gasteiger partial charge in [0.05, 0.1) is 11.8 Å². The van der Waals surface area contributed by atoms with Crippen molar-refractivity contribution in [3.05, 3.63) is 5.69 Å². The molecular weight excluding hydrogens is 274 g/mol. The van der Waals surface area contributed by atoms with Crippen LogP contribution in [0, 0.1) is 6.92 Å². The zero-order valence-electron chi connectivity index (χ0n) is 10.3. The summed E-state index contributed by atoms with van der Waals surface area (Å²) in [7, 11) is -1.87. The van der Waals surface area contributed by atoms with Crippen LogP contribution in [0.5, 0.6) is 0 Å². The number of nitrogens with two attached hydrogens (primary N) is 1. The van der Waals surface area contributed by atoms with Crippen molar-refractivity contribution in [2.45, 2.75) is 42.5 Å². The molecule has 0 aromatic carbocycles. The number of nitrogen functional groups attached to an aromatic ring is 1. The van der Waals surface area contributed by atoms with Gasteiger partial charge in [-0.15, -0.1) is 0 Å². The Kier molecular flexibility index (Phi) is 3.90. The number of hydrogen-bond donors (Lipinski definition) is 2. The minimum atomic E-state index is -3.51. The molecule has 0 radical (unpaired) electrons. The number of thiazole rings is 1. The van der Waals surface area contributed by atoms with Gasteiger partial charge in [0.25, 0.3) is 10.0 Å². The highest BCUT2D eigenvalue weighted by molar-refractivity contribution is 7.91. The molecule has 0 spiro atoms. The van der Waals surface area contributed by atoms with E-state index < -0.39 is 10.0 Å². The number of rotatable bonds is 4. The molecule has 1 saturated carbocycles. The Morgan fingerprint density at radius 1 is 1.50 bits per heavy atom. The fourth-order valence-electron chi connectivity index (χ4n) is 2.19. The Labute approximate surface area is 111 Å². The van der Waals surface area contributed by atoms with Crippen LogP contribution < -0.4 is 10.5 Å². The minimum absolute atomic E-state index is 0.0670. The molecule has 0 aliphatic heterocycles. The molecule has 2 atom stereocenters. The zero-order valence-corrected chi connectivity index (χ0v) is 12.0. The van der Waals surface area contributed by atoms with Gasteiger partial charge in [0.2, 0.25) is 0 Å². The summed E-state index contributed by atoms with van der Waals surface area (Å²) in [5.74, 6) is 0. The van der Waals surface area contributed by atoms with Crippen LogP contribution in [0.2, 0.25) is 0 Å². The topological polar surface area (TPSA) is 94.3 Å². The van der Waals surface area contributed by atoms with Crippen molar-refractivity contribution in [1.82, 2.24) is 9.71 Å². The van der Waals surface area contributed by atoms with Gasteiger partial charge in [0.15, 0.2) is 9.34 Å². The summed E-state index contributed by atoms with van der Waals surface area (Å²) < 4.78 is 32.5. The highest BCUT2D eigenvalue weighted by atomic mass is 32.2. The summed E-state index contributed by atoms with van der Waals surface area (Å²) in [6.07, 6.45) is 2.53. The Bertz CT molecular complexity index is 526. The van der Waals surface area contributed by atoms with Crippen LogP contribution in [-0.4, -0.2) is 32.7 Å². The molecule has 0 bridgehead atoms. The highest BCUT2D eigenvalue weighted by Gasteiger charge is 2.30. The molecule has 1 fully saturated rings.